The van der Waals surface area contributed by atoms with E-state index < -0.39 is 10.0 Å². The first-order chi connectivity index (χ1) is 7.53. The Morgan fingerprint density at radius 2 is 2.19 bits per heavy atom. The smallest absolute Gasteiger partial charge is 0.211 e. The average molecular weight is 328 g/mol. The van der Waals surface area contributed by atoms with Crippen LogP contribution in [0.3, 0.4) is 0 Å². The van der Waals surface area contributed by atoms with Gasteiger partial charge in [0.2, 0.25) is 10.0 Å². The van der Waals surface area contributed by atoms with Crippen LogP contribution in [0.1, 0.15) is 11.3 Å². The van der Waals surface area contributed by atoms with Gasteiger partial charge in [-0.2, -0.15) is 0 Å². The van der Waals surface area contributed by atoms with Crippen LogP contribution in [0.25, 0.3) is 0 Å². The molecule has 0 bridgehead atoms. The summed E-state index contributed by atoms with van der Waals surface area (Å²) in [6.45, 7) is 0.305. The number of thiophene rings is 1. The summed E-state index contributed by atoms with van der Waals surface area (Å²) in [6, 6.07) is 3.91. The molecule has 0 fully saturated rings. The fourth-order valence-electron chi connectivity index (χ4n) is 1.14. The summed E-state index contributed by atoms with van der Waals surface area (Å²) in [4.78, 5) is 1.14. The zero-order chi connectivity index (χ0) is 12.0. The van der Waals surface area contributed by atoms with Crippen molar-refractivity contribution in [2.45, 2.75) is 12.8 Å². The van der Waals surface area contributed by atoms with Gasteiger partial charge in [0.25, 0.3) is 0 Å². The van der Waals surface area contributed by atoms with E-state index in [2.05, 4.69) is 20.7 Å². The van der Waals surface area contributed by atoms with Crippen LogP contribution in [0.4, 0.5) is 0 Å². The van der Waals surface area contributed by atoms with Gasteiger partial charge in [-0.15, -0.1) is 11.3 Å². The minimum atomic E-state index is -3.22. The normalized spacial score (nSPS) is 11.9. The third-order valence-electron chi connectivity index (χ3n) is 1.89. The van der Waals surface area contributed by atoms with Crippen molar-refractivity contribution in [1.29, 1.82) is 0 Å². The highest BCUT2D eigenvalue weighted by molar-refractivity contribution is 9.11. The van der Waals surface area contributed by atoms with Crippen molar-refractivity contribution in [3.63, 3.8) is 0 Å². The molecule has 1 aromatic heterocycles. The Labute approximate surface area is 108 Å². The molecule has 0 atom stereocenters. The fraction of sp³-hybridized carbons (Fsp3) is 0.556. The summed E-state index contributed by atoms with van der Waals surface area (Å²) in [7, 11) is -3.22. The number of aliphatic hydroxyl groups is 1. The Morgan fingerprint density at radius 1 is 1.44 bits per heavy atom. The van der Waals surface area contributed by atoms with Crippen LogP contribution in [0, 0.1) is 0 Å². The third-order valence-corrected chi connectivity index (χ3v) is 5.05. The Morgan fingerprint density at radius 3 is 2.75 bits per heavy atom. The van der Waals surface area contributed by atoms with Gasteiger partial charge in [0, 0.05) is 18.0 Å². The highest BCUT2D eigenvalue weighted by Gasteiger charge is 2.08. The molecule has 0 spiro atoms. The topological polar surface area (TPSA) is 66.4 Å². The minimum absolute atomic E-state index is 0.0162. The third kappa shape index (κ3) is 5.40. The van der Waals surface area contributed by atoms with Gasteiger partial charge in [-0.3, -0.25) is 0 Å². The van der Waals surface area contributed by atoms with Crippen molar-refractivity contribution in [3.8, 4) is 0 Å². The SMILES string of the molecule is O=S(=O)(CCCO)NCCc1ccc(Br)s1. The molecule has 1 rings (SSSR count). The summed E-state index contributed by atoms with van der Waals surface area (Å²) < 4.78 is 26.3. The molecule has 92 valence electrons. The van der Waals surface area contributed by atoms with E-state index in [-0.39, 0.29) is 18.8 Å². The zero-order valence-corrected chi connectivity index (χ0v) is 11.9. The molecule has 0 radical (unpaired) electrons. The van der Waals surface area contributed by atoms with E-state index in [0.29, 0.717) is 13.0 Å². The first kappa shape index (κ1) is 14.1. The fourth-order valence-corrected chi connectivity index (χ4v) is 3.69. The zero-order valence-electron chi connectivity index (χ0n) is 8.65. The van der Waals surface area contributed by atoms with Crippen molar-refractivity contribution in [2.24, 2.45) is 0 Å². The van der Waals surface area contributed by atoms with E-state index in [1.165, 1.54) is 0 Å². The maximum Gasteiger partial charge on any atom is 0.211 e. The molecule has 0 aliphatic heterocycles. The second-order valence-electron chi connectivity index (χ2n) is 3.25. The number of sulfonamides is 1. The molecule has 1 heterocycles. The number of hydrogen-bond donors (Lipinski definition) is 2. The Hall–Kier alpha value is 0.0500. The van der Waals surface area contributed by atoms with E-state index in [1.807, 2.05) is 12.1 Å². The lowest BCUT2D eigenvalue weighted by atomic mass is 10.3. The Bertz CT molecular complexity index is 416. The van der Waals surface area contributed by atoms with Gasteiger partial charge in [-0.25, -0.2) is 13.1 Å². The minimum Gasteiger partial charge on any atom is -0.396 e. The lowest BCUT2D eigenvalue weighted by molar-refractivity contribution is 0.295. The van der Waals surface area contributed by atoms with Crippen LogP contribution >= 0.6 is 27.3 Å². The molecule has 0 aromatic carbocycles. The predicted octanol–water partition coefficient (Wildman–Crippen LogP) is 1.35. The molecule has 0 saturated carbocycles. The monoisotopic (exact) mass is 327 g/mol. The van der Waals surface area contributed by atoms with Crippen LogP contribution in [0.5, 0.6) is 0 Å². The standard InChI is InChI=1S/C9H14BrNO3S2/c10-9-3-2-8(15-9)4-5-11-16(13,14)7-1-6-12/h2-3,11-12H,1,4-7H2. The maximum absolute atomic E-state index is 11.4. The van der Waals surface area contributed by atoms with Crippen LogP contribution in [-0.2, 0) is 16.4 Å². The van der Waals surface area contributed by atoms with Gasteiger partial charge in [0.05, 0.1) is 9.54 Å². The van der Waals surface area contributed by atoms with Crippen molar-refractivity contribution in [2.75, 3.05) is 18.9 Å². The molecule has 2 N–H and O–H groups in total. The lowest BCUT2D eigenvalue weighted by Crippen LogP contribution is -2.28. The summed E-state index contributed by atoms with van der Waals surface area (Å²) >= 11 is 4.95. The molecule has 0 amide bonds. The van der Waals surface area contributed by atoms with Gasteiger partial charge >= 0.3 is 0 Å². The van der Waals surface area contributed by atoms with Crippen LogP contribution in [-0.4, -0.2) is 32.4 Å². The number of aliphatic hydroxyl groups excluding tert-OH is 1. The van der Waals surface area contributed by atoms with Crippen molar-refractivity contribution >= 4 is 37.3 Å². The molecule has 0 aliphatic rings. The molecular formula is C9H14BrNO3S2. The highest BCUT2D eigenvalue weighted by Crippen LogP contribution is 2.22. The van der Waals surface area contributed by atoms with Crippen LogP contribution < -0.4 is 4.72 Å². The van der Waals surface area contributed by atoms with Crippen LogP contribution in [0.15, 0.2) is 15.9 Å². The van der Waals surface area contributed by atoms with E-state index in [9.17, 15) is 8.42 Å². The van der Waals surface area contributed by atoms with Gasteiger partial charge in [-0.05, 0) is 40.9 Å². The summed E-state index contributed by atoms with van der Waals surface area (Å²) in [5.41, 5.74) is 0. The van der Waals surface area contributed by atoms with E-state index >= 15 is 0 Å². The summed E-state index contributed by atoms with van der Waals surface area (Å²) in [6.07, 6.45) is 0.967. The molecule has 0 saturated heterocycles. The molecule has 1 aromatic rings. The summed E-state index contributed by atoms with van der Waals surface area (Å²) in [5, 5.41) is 8.54. The molecule has 16 heavy (non-hydrogen) atoms. The number of halogens is 1. The van der Waals surface area contributed by atoms with Crippen molar-refractivity contribution in [1.82, 2.24) is 4.72 Å². The van der Waals surface area contributed by atoms with Gasteiger partial charge in [0.15, 0.2) is 0 Å². The average Bonchev–Trinajstić information content (AvgIpc) is 2.61. The number of nitrogens with one attached hydrogen (secondary N) is 1. The van der Waals surface area contributed by atoms with Gasteiger partial charge in [-0.1, -0.05) is 0 Å². The molecule has 0 unspecified atom stereocenters. The molecular weight excluding hydrogens is 314 g/mol. The van der Waals surface area contributed by atoms with E-state index in [0.717, 1.165) is 8.66 Å². The molecule has 4 nitrogen and oxygen atoms in total. The van der Waals surface area contributed by atoms with Crippen molar-refractivity contribution in [3.05, 3.63) is 20.8 Å². The Kier molecular flexibility index (Phi) is 5.91. The number of hydrogen-bond acceptors (Lipinski definition) is 4. The largest absolute Gasteiger partial charge is 0.396 e. The van der Waals surface area contributed by atoms with Crippen molar-refractivity contribution < 1.29 is 13.5 Å². The number of rotatable bonds is 7. The first-order valence-corrected chi connectivity index (χ1v) is 8.12. The predicted molar refractivity (Wildman–Crippen MR) is 69.2 cm³/mol. The first-order valence-electron chi connectivity index (χ1n) is 4.86. The molecule has 0 aliphatic carbocycles. The quantitative estimate of drug-likeness (QED) is 0.794. The van der Waals surface area contributed by atoms with Gasteiger partial charge < -0.3 is 5.11 Å². The van der Waals surface area contributed by atoms with Gasteiger partial charge in [0.1, 0.15) is 0 Å². The van der Waals surface area contributed by atoms with E-state index in [1.54, 1.807) is 11.3 Å². The van der Waals surface area contributed by atoms with E-state index in [4.69, 9.17) is 5.11 Å². The van der Waals surface area contributed by atoms with Crippen LogP contribution in [0.2, 0.25) is 0 Å². The highest BCUT2D eigenvalue weighted by atomic mass is 79.9. The maximum atomic E-state index is 11.4. The summed E-state index contributed by atoms with van der Waals surface area (Å²) in [5.74, 6) is -0.0162. The lowest BCUT2D eigenvalue weighted by Gasteiger charge is -2.04. The Balaban J connectivity index is 2.29. The molecule has 7 heteroatoms. The second kappa shape index (κ2) is 6.70. The second-order valence-corrected chi connectivity index (χ2v) is 7.72.